The smallest absolute Gasteiger partial charge is 0.270 e. The minimum absolute atomic E-state index is 0.0338. The Kier molecular flexibility index (Phi) is 5.66. The van der Waals surface area contributed by atoms with Crippen LogP contribution in [0.3, 0.4) is 0 Å². The fraction of sp³-hybridized carbons (Fsp3) is 0.125. The molecule has 0 radical (unpaired) electrons. The van der Waals surface area contributed by atoms with Crippen LogP contribution in [-0.2, 0) is 4.79 Å². The quantitative estimate of drug-likeness (QED) is 0.627. The minimum Gasteiger partial charge on any atom is -0.341 e. The highest BCUT2D eigenvalue weighted by Gasteiger charge is 2.19. The van der Waals surface area contributed by atoms with Crippen molar-refractivity contribution in [3.05, 3.63) is 69.0 Å². The van der Waals surface area contributed by atoms with E-state index < -0.39 is 28.6 Å². The average Bonchev–Trinajstić information content (AvgIpc) is 2.57. The summed E-state index contributed by atoms with van der Waals surface area (Å²) in [4.78, 5) is 34.3. The van der Waals surface area contributed by atoms with Crippen LogP contribution in [0.2, 0.25) is 5.02 Å². The second-order valence-corrected chi connectivity index (χ2v) is 5.55. The van der Waals surface area contributed by atoms with Gasteiger partial charge in [0.1, 0.15) is 11.9 Å². The van der Waals surface area contributed by atoms with Crippen LogP contribution in [-0.4, -0.2) is 22.8 Å². The molecule has 0 aliphatic carbocycles. The number of carbonyl (C=O) groups is 2. The van der Waals surface area contributed by atoms with Gasteiger partial charge in [-0.15, -0.1) is 0 Å². The molecule has 9 heteroatoms. The molecule has 0 saturated carbocycles. The van der Waals surface area contributed by atoms with Crippen LogP contribution < -0.4 is 10.6 Å². The number of nitrogens with one attached hydrogen (secondary N) is 2. The molecule has 2 rings (SSSR count). The predicted octanol–water partition coefficient (Wildman–Crippen LogP) is 3.14. The van der Waals surface area contributed by atoms with Gasteiger partial charge in [0.15, 0.2) is 0 Å². The molecule has 2 N–H and O–H groups in total. The van der Waals surface area contributed by atoms with Gasteiger partial charge in [-0.3, -0.25) is 19.7 Å². The lowest BCUT2D eigenvalue weighted by Gasteiger charge is -2.14. The molecule has 2 aromatic carbocycles. The van der Waals surface area contributed by atoms with Crippen molar-refractivity contribution in [2.24, 2.45) is 0 Å². The first-order valence-electron chi connectivity index (χ1n) is 7.09. The van der Waals surface area contributed by atoms with Gasteiger partial charge in [-0.05, 0) is 31.2 Å². The standard InChI is InChI=1S/C16H13ClFN3O4/c1-9(15(22)20-14-6-5-11(17)8-13(14)18)19-16(23)10-3-2-4-12(7-10)21(24)25/h2-9H,1H3,(H,19,23)(H,20,22)/t9-/m0/s1. The lowest BCUT2D eigenvalue weighted by molar-refractivity contribution is -0.384. The highest BCUT2D eigenvalue weighted by atomic mass is 35.5. The number of non-ortho nitro benzene ring substituents is 1. The Hall–Kier alpha value is -3.00. The Morgan fingerprint density at radius 2 is 1.96 bits per heavy atom. The third-order valence-electron chi connectivity index (χ3n) is 3.25. The molecule has 1 atom stereocenters. The van der Waals surface area contributed by atoms with Crippen molar-refractivity contribution in [2.45, 2.75) is 13.0 Å². The topological polar surface area (TPSA) is 101 Å². The summed E-state index contributed by atoms with van der Waals surface area (Å²) < 4.78 is 13.7. The number of hydrogen-bond donors (Lipinski definition) is 2. The number of nitro groups is 1. The van der Waals surface area contributed by atoms with Crippen LogP contribution in [0.15, 0.2) is 42.5 Å². The summed E-state index contributed by atoms with van der Waals surface area (Å²) in [5.41, 5.74) is -0.287. The molecule has 0 spiro atoms. The molecule has 0 saturated heterocycles. The van der Waals surface area contributed by atoms with Gasteiger partial charge in [0.2, 0.25) is 5.91 Å². The fourth-order valence-electron chi connectivity index (χ4n) is 1.94. The van der Waals surface area contributed by atoms with Crippen molar-refractivity contribution in [1.82, 2.24) is 5.32 Å². The van der Waals surface area contributed by atoms with Crippen molar-refractivity contribution in [3.63, 3.8) is 0 Å². The van der Waals surface area contributed by atoms with Crippen LogP contribution in [0.1, 0.15) is 17.3 Å². The molecule has 0 fully saturated rings. The summed E-state index contributed by atoms with van der Waals surface area (Å²) in [6, 6.07) is 7.84. The van der Waals surface area contributed by atoms with Gasteiger partial charge in [0.25, 0.3) is 11.6 Å². The van der Waals surface area contributed by atoms with Crippen molar-refractivity contribution in [2.75, 3.05) is 5.32 Å². The van der Waals surface area contributed by atoms with Gasteiger partial charge in [-0.2, -0.15) is 0 Å². The molecule has 2 amide bonds. The molecule has 0 aliphatic heterocycles. The summed E-state index contributed by atoms with van der Waals surface area (Å²) in [7, 11) is 0. The zero-order chi connectivity index (χ0) is 18.6. The van der Waals surface area contributed by atoms with Gasteiger partial charge in [0, 0.05) is 22.7 Å². The number of hydrogen-bond acceptors (Lipinski definition) is 4. The molecule has 130 valence electrons. The SMILES string of the molecule is C[C@H](NC(=O)c1cccc([N+](=O)[O-])c1)C(=O)Nc1ccc(Cl)cc1F. The Labute approximate surface area is 146 Å². The zero-order valence-electron chi connectivity index (χ0n) is 13.0. The Balaban J connectivity index is 2.04. The highest BCUT2D eigenvalue weighted by Crippen LogP contribution is 2.19. The highest BCUT2D eigenvalue weighted by molar-refractivity contribution is 6.30. The second kappa shape index (κ2) is 7.71. The first-order valence-corrected chi connectivity index (χ1v) is 7.47. The molecular weight excluding hydrogens is 353 g/mol. The van der Waals surface area contributed by atoms with Crippen LogP contribution in [0, 0.1) is 15.9 Å². The third-order valence-corrected chi connectivity index (χ3v) is 3.48. The fourth-order valence-corrected chi connectivity index (χ4v) is 2.10. The monoisotopic (exact) mass is 365 g/mol. The maximum absolute atomic E-state index is 13.7. The molecular formula is C16H13ClFN3O4. The maximum Gasteiger partial charge on any atom is 0.270 e. The molecule has 2 aromatic rings. The lowest BCUT2D eigenvalue weighted by Crippen LogP contribution is -2.41. The number of carbonyl (C=O) groups excluding carboxylic acids is 2. The van der Waals surface area contributed by atoms with Crippen LogP contribution in [0.4, 0.5) is 15.8 Å². The van der Waals surface area contributed by atoms with Gasteiger partial charge in [0.05, 0.1) is 10.6 Å². The van der Waals surface area contributed by atoms with E-state index in [1.54, 1.807) is 0 Å². The first kappa shape index (κ1) is 18.3. The maximum atomic E-state index is 13.7. The summed E-state index contributed by atoms with van der Waals surface area (Å²) >= 11 is 5.63. The summed E-state index contributed by atoms with van der Waals surface area (Å²) in [6.07, 6.45) is 0. The number of amides is 2. The summed E-state index contributed by atoms with van der Waals surface area (Å²) in [6.45, 7) is 1.40. The number of nitro benzene ring substituents is 1. The number of nitrogens with zero attached hydrogens (tertiary/aromatic N) is 1. The van der Waals surface area contributed by atoms with Crippen molar-refractivity contribution in [3.8, 4) is 0 Å². The van der Waals surface area contributed by atoms with E-state index in [9.17, 15) is 24.1 Å². The van der Waals surface area contributed by atoms with E-state index in [-0.39, 0.29) is 22.0 Å². The van der Waals surface area contributed by atoms with Gasteiger partial charge in [-0.1, -0.05) is 17.7 Å². The van der Waals surface area contributed by atoms with Crippen molar-refractivity contribution in [1.29, 1.82) is 0 Å². The number of halogens is 2. The molecule has 0 aromatic heterocycles. The molecule has 0 bridgehead atoms. The van der Waals surface area contributed by atoms with Crippen molar-refractivity contribution >= 4 is 34.8 Å². The Morgan fingerprint density at radius 1 is 1.24 bits per heavy atom. The van der Waals surface area contributed by atoms with Crippen LogP contribution in [0.25, 0.3) is 0 Å². The average molecular weight is 366 g/mol. The van der Waals surface area contributed by atoms with E-state index in [0.29, 0.717) is 0 Å². The number of benzene rings is 2. The summed E-state index contributed by atoms with van der Waals surface area (Å²) in [5.74, 6) is -2.03. The van der Waals surface area contributed by atoms with Crippen molar-refractivity contribution < 1.29 is 18.9 Å². The van der Waals surface area contributed by atoms with E-state index in [1.807, 2.05) is 0 Å². The van der Waals surface area contributed by atoms with Crippen LogP contribution >= 0.6 is 11.6 Å². The number of anilines is 1. The van der Waals surface area contributed by atoms with E-state index in [2.05, 4.69) is 10.6 Å². The van der Waals surface area contributed by atoms with Gasteiger partial charge in [-0.25, -0.2) is 4.39 Å². The Morgan fingerprint density at radius 3 is 2.60 bits per heavy atom. The number of rotatable bonds is 5. The second-order valence-electron chi connectivity index (χ2n) is 5.12. The minimum atomic E-state index is -0.998. The normalized spacial score (nSPS) is 11.5. The summed E-state index contributed by atoms with van der Waals surface area (Å²) in [5, 5.41) is 15.6. The molecule has 0 unspecified atom stereocenters. The predicted molar refractivity (Wildman–Crippen MR) is 90.1 cm³/mol. The lowest BCUT2D eigenvalue weighted by atomic mass is 10.1. The molecule has 25 heavy (non-hydrogen) atoms. The van der Waals surface area contributed by atoms with E-state index in [0.717, 1.165) is 12.1 Å². The molecule has 7 nitrogen and oxygen atoms in total. The molecule has 0 aliphatic rings. The molecule has 0 heterocycles. The largest absolute Gasteiger partial charge is 0.341 e. The van der Waals surface area contributed by atoms with E-state index in [4.69, 9.17) is 11.6 Å². The van der Waals surface area contributed by atoms with Crippen LogP contribution in [0.5, 0.6) is 0 Å². The van der Waals surface area contributed by atoms with E-state index >= 15 is 0 Å². The van der Waals surface area contributed by atoms with E-state index in [1.165, 1.54) is 37.3 Å². The zero-order valence-corrected chi connectivity index (χ0v) is 13.7. The first-order chi connectivity index (χ1) is 11.8. The van der Waals surface area contributed by atoms with Gasteiger partial charge < -0.3 is 10.6 Å². The third kappa shape index (κ3) is 4.74. The Bertz CT molecular complexity index is 844. The van der Waals surface area contributed by atoms with Gasteiger partial charge >= 0.3 is 0 Å².